The van der Waals surface area contributed by atoms with Crippen LogP contribution in [0, 0.1) is 12.7 Å². The van der Waals surface area contributed by atoms with E-state index in [1.54, 1.807) is 0 Å². The minimum absolute atomic E-state index is 0.0931. The summed E-state index contributed by atoms with van der Waals surface area (Å²) in [7, 11) is 0. The topological polar surface area (TPSA) is 67.3 Å². The van der Waals surface area contributed by atoms with Gasteiger partial charge >= 0.3 is 5.97 Å². The summed E-state index contributed by atoms with van der Waals surface area (Å²) >= 11 is 11.1. The third-order valence-corrected chi connectivity index (χ3v) is 2.58. The number of hydrogen-bond acceptors (Lipinski definition) is 3. The fraction of sp³-hybridized carbons (Fsp3) is 0.222. The molecule has 0 aliphatic heterocycles. The standard InChI is InChI=1S/C9H6Cl2FNO3/c1-3-5(4(2-14)9(15)16)7(10)13-8(11)6(3)12/h2,4H,1H3,(H,15,16). The minimum atomic E-state index is -1.55. The molecule has 1 heterocycles. The Labute approximate surface area is 100 Å². The maximum Gasteiger partial charge on any atom is 0.318 e. The zero-order valence-electron chi connectivity index (χ0n) is 8.00. The third kappa shape index (κ3) is 2.15. The first-order chi connectivity index (χ1) is 7.40. The summed E-state index contributed by atoms with van der Waals surface area (Å²) in [4.78, 5) is 24.8. The van der Waals surface area contributed by atoms with Gasteiger partial charge in [0.25, 0.3) is 0 Å². The first-order valence-corrected chi connectivity index (χ1v) is 4.84. The van der Waals surface area contributed by atoms with E-state index in [-0.39, 0.29) is 22.6 Å². The molecule has 0 aromatic carbocycles. The van der Waals surface area contributed by atoms with Crippen molar-refractivity contribution >= 4 is 35.5 Å². The van der Waals surface area contributed by atoms with Gasteiger partial charge in [-0.1, -0.05) is 23.2 Å². The van der Waals surface area contributed by atoms with E-state index in [0.717, 1.165) is 0 Å². The number of carbonyl (C=O) groups is 2. The van der Waals surface area contributed by atoms with E-state index in [9.17, 15) is 14.0 Å². The number of nitrogens with zero attached hydrogens (tertiary/aromatic N) is 1. The predicted molar refractivity (Wildman–Crippen MR) is 55.4 cm³/mol. The van der Waals surface area contributed by atoms with Gasteiger partial charge in [0, 0.05) is 5.56 Å². The van der Waals surface area contributed by atoms with Gasteiger partial charge in [-0.25, -0.2) is 9.37 Å². The van der Waals surface area contributed by atoms with Gasteiger partial charge in [-0.3, -0.25) is 4.79 Å². The van der Waals surface area contributed by atoms with E-state index < -0.39 is 22.9 Å². The van der Waals surface area contributed by atoms with Crippen molar-refractivity contribution in [3.05, 3.63) is 27.3 Å². The average Bonchev–Trinajstić information content (AvgIpc) is 2.20. The SMILES string of the molecule is Cc1c(F)c(Cl)nc(Cl)c1C(C=O)C(=O)O. The van der Waals surface area contributed by atoms with Gasteiger partial charge in [0.1, 0.15) is 17.4 Å². The van der Waals surface area contributed by atoms with Crippen LogP contribution >= 0.6 is 23.2 Å². The molecule has 0 saturated carbocycles. The number of aliphatic carboxylic acids is 1. The van der Waals surface area contributed by atoms with Crippen molar-refractivity contribution in [3.63, 3.8) is 0 Å². The molecule has 1 aromatic rings. The second kappa shape index (κ2) is 4.76. The summed E-state index contributed by atoms with van der Waals surface area (Å²) in [5, 5.41) is 8.02. The predicted octanol–water partition coefficient (Wildman–Crippen LogP) is 2.20. The van der Waals surface area contributed by atoms with Crippen molar-refractivity contribution in [1.29, 1.82) is 0 Å². The fourth-order valence-corrected chi connectivity index (χ4v) is 1.85. The lowest BCUT2D eigenvalue weighted by atomic mass is 9.98. The quantitative estimate of drug-likeness (QED) is 0.517. The molecule has 0 spiro atoms. The van der Waals surface area contributed by atoms with Crippen LogP contribution in [0.4, 0.5) is 4.39 Å². The van der Waals surface area contributed by atoms with Gasteiger partial charge in [-0.05, 0) is 12.5 Å². The molecule has 0 fully saturated rings. The highest BCUT2D eigenvalue weighted by Crippen LogP contribution is 2.30. The van der Waals surface area contributed by atoms with Crippen LogP contribution in [0.15, 0.2) is 0 Å². The Bertz CT molecular complexity index is 465. The van der Waals surface area contributed by atoms with Crippen molar-refractivity contribution in [3.8, 4) is 0 Å². The first kappa shape index (κ1) is 12.9. The molecule has 1 aromatic heterocycles. The third-order valence-electron chi connectivity index (χ3n) is 2.05. The van der Waals surface area contributed by atoms with Crippen LogP contribution < -0.4 is 0 Å². The highest BCUT2D eigenvalue weighted by molar-refractivity contribution is 6.33. The molecule has 1 rings (SSSR count). The summed E-state index contributed by atoms with van der Waals surface area (Å²) in [6, 6.07) is 0. The van der Waals surface area contributed by atoms with Crippen molar-refractivity contribution in [2.75, 3.05) is 0 Å². The Hall–Kier alpha value is -1.20. The molecule has 1 unspecified atom stereocenters. The summed E-state index contributed by atoms with van der Waals surface area (Å²) in [5.41, 5.74) is -0.268. The van der Waals surface area contributed by atoms with E-state index in [1.807, 2.05) is 0 Å². The highest BCUT2D eigenvalue weighted by atomic mass is 35.5. The van der Waals surface area contributed by atoms with Crippen LogP contribution in [0.25, 0.3) is 0 Å². The van der Waals surface area contributed by atoms with Gasteiger partial charge in [0.2, 0.25) is 0 Å². The molecule has 1 atom stereocenters. The molecular formula is C9H6Cl2FNO3. The number of carboxylic acid groups (broad SMARTS) is 1. The zero-order valence-corrected chi connectivity index (χ0v) is 9.51. The number of carbonyl (C=O) groups excluding carboxylic acids is 1. The van der Waals surface area contributed by atoms with Crippen molar-refractivity contribution in [1.82, 2.24) is 4.98 Å². The number of halogens is 3. The molecule has 16 heavy (non-hydrogen) atoms. The van der Waals surface area contributed by atoms with Crippen LogP contribution in [-0.2, 0) is 9.59 Å². The normalized spacial score (nSPS) is 12.2. The largest absolute Gasteiger partial charge is 0.480 e. The second-order valence-electron chi connectivity index (χ2n) is 3.00. The summed E-state index contributed by atoms with van der Waals surface area (Å²) < 4.78 is 13.4. The van der Waals surface area contributed by atoms with Crippen molar-refractivity contribution in [2.24, 2.45) is 0 Å². The Morgan fingerprint density at radius 3 is 2.50 bits per heavy atom. The monoisotopic (exact) mass is 265 g/mol. The number of aldehydes is 1. The Kier molecular flexibility index (Phi) is 3.83. The maximum absolute atomic E-state index is 13.4. The molecule has 0 aliphatic rings. The van der Waals surface area contributed by atoms with Gasteiger partial charge in [-0.15, -0.1) is 0 Å². The molecule has 0 aliphatic carbocycles. The Morgan fingerprint density at radius 1 is 1.50 bits per heavy atom. The van der Waals surface area contributed by atoms with Gasteiger partial charge in [0.15, 0.2) is 11.0 Å². The van der Waals surface area contributed by atoms with Gasteiger partial charge < -0.3 is 9.90 Å². The van der Waals surface area contributed by atoms with Crippen LogP contribution in [0.2, 0.25) is 10.3 Å². The summed E-state index contributed by atoms with van der Waals surface area (Å²) in [5.74, 6) is -3.86. The molecule has 1 N–H and O–H groups in total. The molecule has 0 amide bonds. The lowest BCUT2D eigenvalue weighted by molar-refractivity contribution is -0.140. The smallest absolute Gasteiger partial charge is 0.318 e. The lowest BCUT2D eigenvalue weighted by Gasteiger charge is -2.12. The van der Waals surface area contributed by atoms with Crippen molar-refractivity contribution < 1.29 is 19.1 Å². The maximum atomic E-state index is 13.4. The first-order valence-electron chi connectivity index (χ1n) is 4.09. The lowest BCUT2D eigenvalue weighted by Crippen LogP contribution is -2.16. The molecular weight excluding hydrogens is 260 g/mol. The second-order valence-corrected chi connectivity index (χ2v) is 3.71. The summed E-state index contributed by atoms with van der Waals surface area (Å²) in [6.07, 6.45) is 0.158. The van der Waals surface area contributed by atoms with Gasteiger partial charge in [-0.2, -0.15) is 0 Å². The fourth-order valence-electron chi connectivity index (χ4n) is 1.23. The number of pyridine rings is 1. The molecule has 7 heteroatoms. The molecule has 86 valence electrons. The number of rotatable bonds is 3. The summed E-state index contributed by atoms with van der Waals surface area (Å²) in [6.45, 7) is 1.28. The molecule has 0 radical (unpaired) electrons. The van der Waals surface area contributed by atoms with Crippen molar-refractivity contribution in [2.45, 2.75) is 12.8 Å². The highest BCUT2D eigenvalue weighted by Gasteiger charge is 2.27. The van der Waals surface area contributed by atoms with Crippen LogP contribution in [0.5, 0.6) is 0 Å². The number of aromatic nitrogens is 1. The van der Waals surface area contributed by atoms with Crippen LogP contribution in [0.1, 0.15) is 17.0 Å². The van der Waals surface area contributed by atoms with E-state index in [0.29, 0.717) is 0 Å². The van der Waals surface area contributed by atoms with E-state index >= 15 is 0 Å². The van der Waals surface area contributed by atoms with E-state index in [4.69, 9.17) is 28.3 Å². The van der Waals surface area contributed by atoms with E-state index in [1.165, 1.54) is 6.92 Å². The molecule has 4 nitrogen and oxygen atoms in total. The minimum Gasteiger partial charge on any atom is -0.480 e. The van der Waals surface area contributed by atoms with Gasteiger partial charge in [0.05, 0.1) is 0 Å². The Morgan fingerprint density at radius 2 is 2.06 bits per heavy atom. The number of hydrogen-bond donors (Lipinski definition) is 1. The molecule has 0 bridgehead atoms. The van der Waals surface area contributed by atoms with Crippen LogP contribution in [-0.4, -0.2) is 22.3 Å². The molecule has 0 saturated heterocycles. The Balaban J connectivity index is 3.49. The van der Waals surface area contributed by atoms with Crippen LogP contribution in [0.3, 0.4) is 0 Å². The number of carboxylic acids is 1. The zero-order chi connectivity index (χ0) is 12.5. The van der Waals surface area contributed by atoms with E-state index in [2.05, 4.69) is 4.98 Å². The average molecular weight is 266 g/mol.